The van der Waals surface area contributed by atoms with E-state index in [1.165, 1.54) is 29.2 Å². The van der Waals surface area contributed by atoms with Gasteiger partial charge in [0.15, 0.2) is 0 Å². The molecule has 0 saturated carbocycles. The summed E-state index contributed by atoms with van der Waals surface area (Å²) in [4.78, 5) is 40.5. The average molecular weight is 435 g/mol. The van der Waals surface area contributed by atoms with Crippen LogP contribution in [0.3, 0.4) is 0 Å². The van der Waals surface area contributed by atoms with Crippen molar-refractivity contribution >= 4 is 23.1 Å². The van der Waals surface area contributed by atoms with Gasteiger partial charge in [-0.15, -0.1) is 0 Å². The molecule has 2 aromatic rings. The number of imide groups is 1. The van der Waals surface area contributed by atoms with Crippen LogP contribution in [0.25, 0.3) is 5.57 Å². The van der Waals surface area contributed by atoms with Crippen LogP contribution in [0.1, 0.15) is 24.0 Å². The van der Waals surface area contributed by atoms with Gasteiger partial charge >= 0.3 is 0 Å². The SMILES string of the molecule is O=C1C(c2ccc([N+](=O)[O-])cc2)=C(N2CCCC(CO)C2)C(=O)N1CCc1ccccc1. The van der Waals surface area contributed by atoms with E-state index in [0.29, 0.717) is 30.8 Å². The molecule has 0 aliphatic carbocycles. The smallest absolute Gasteiger partial charge is 0.277 e. The van der Waals surface area contributed by atoms with E-state index in [9.17, 15) is 24.8 Å². The Kier molecular flexibility index (Phi) is 6.32. The highest BCUT2D eigenvalue weighted by Crippen LogP contribution is 2.34. The number of hydrogen-bond donors (Lipinski definition) is 1. The molecule has 0 bridgehead atoms. The number of rotatable bonds is 7. The van der Waals surface area contributed by atoms with Crippen LogP contribution in [-0.2, 0) is 16.0 Å². The van der Waals surface area contributed by atoms with Crippen LogP contribution < -0.4 is 0 Å². The van der Waals surface area contributed by atoms with Crippen molar-refractivity contribution in [1.29, 1.82) is 0 Å². The van der Waals surface area contributed by atoms with Gasteiger partial charge in [0.25, 0.3) is 17.5 Å². The average Bonchev–Trinajstić information content (AvgIpc) is 3.07. The molecule has 8 nitrogen and oxygen atoms in total. The zero-order chi connectivity index (χ0) is 22.7. The van der Waals surface area contributed by atoms with Crippen LogP contribution in [-0.4, -0.2) is 57.9 Å². The maximum absolute atomic E-state index is 13.4. The number of carbonyl (C=O) groups is 2. The fraction of sp³-hybridized carbons (Fsp3) is 0.333. The van der Waals surface area contributed by atoms with Gasteiger partial charge in [-0.2, -0.15) is 0 Å². The molecule has 0 radical (unpaired) electrons. The van der Waals surface area contributed by atoms with Gasteiger partial charge in [-0.25, -0.2) is 0 Å². The highest BCUT2D eigenvalue weighted by Gasteiger charge is 2.42. The van der Waals surface area contributed by atoms with E-state index in [2.05, 4.69) is 0 Å². The number of amides is 2. The molecule has 8 heteroatoms. The maximum atomic E-state index is 13.4. The first kappa shape index (κ1) is 21.7. The molecule has 2 aliphatic rings. The number of carbonyl (C=O) groups excluding carboxylic acids is 2. The van der Waals surface area contributed by atoms with Gasteiger partial charge in [0, 0.05) is 38.4 Å². The van der Waals surface area contributed by atoms with E-state index in [1.807, 2.05) is 35.2 Å². The van der Waals surface area contributed by atoms with Gasteiger partial charge in [0.2, 0.25) is 0 Å². The molecule has 32 heavy (non-hydrogen) atoms. The van der Waals surface area contributed by atoms with Crippen LogP contribution in [0.5, 0.6) is 0 Å². The number of aliphatic hydroxyl groups is 1. The lowest BCUT2D eigenvalue weighted by Gasteiger charge is -2.34. The minimum Gasteiger partial charge on any atom is -0.396 e. The zero-order valence-corrected chi connectivity index (χ0v) is 17.6. The Morgan fingerprint density at radius 2 is 1.75 bits per heavy atom. The van der Waals surface area contributed by atoms with Crippen molar-refractivity contribution < 1.29 is 19.6 Å². The Balaban J connectivity index is 1.67. The van der Waals surface area contributed by atoms with E-state index in [-0.39, 0.29) is 42.1 Å². The zero-order valence-electron chi connectivity index (χ0n) is 17.6. The fourth-order valence-electron chi connectivity index (χ4n) is 4.37. The molecular weight excluding hydrogens is 410 g/mol. The number of hydrogen-bond acceptors (Lipinski definition) is 6. The van der Waals surface area contributed by atoms with Crippen LogP contribution in [0.2, 0.25) is 0 Å². The number of nitro benzene ring substituents is 1. The van der Waals surface area contributed by atoms with Crippen molar-refractivity contribution in [2.24, 2.45) is 5.92 Å². The van der Waals surface area contributed by atoms with Gasteiger partial charge in [-0.05, 0) is 48.4 Å². The third kappa shape index (κ3) is 4.27. The topological polar surface area (TPSA) is 104 Å². The first-order chi connectivity index (χ1) is 15.5. The molecule has 2 aromatic carbocycles. The van der Waals surface area contributed by atoms with Crippen molar-refractivity contribution in [1.82, 2.24) is 9.80 Å². The first-order valence-corrected chi connectivity index (χ1v) is 10.7. The van der Waals surface area contributed by atoms with Gasteiger partial charge in [0.05, 0.1) is 10.5 Å². The molecule has 2 heterocycles. The Morgan fingerprint density at radius 3 is 2.41 bits per heavy atom. The van der Waals surface area contributed by atoms with E-state index in [4.69, 9.17) is 0 Å². The molecular formula is C24H25N3O5. The van der Waals surface area contributed by atoms with Crippen molar-refractivity contribution in [3.63, 3.8) is 0 Å². The molecule has 1 unspecified atom stereocenters. The Morgan fingerprint density at radius 1 is 1.03 bits per heavy atom. The summed E-state index contributed by atoms with van der Waals surface area (Å²) in [5, 5.41) is 20.7. The minimum atomic E-state index is -0.497. The molecule has 166 valence electrons. The lowest BCUT2D eigenvalue weighted by molar-refractivity contribution is -0.384. The van der Waals surface area contributed by atoms with Gasteiger partial charge in [-0.1, -0.05) is 30.3 Å². The summed E-state index contributed by atoms with van der Waals surface area (Å²) in [6.07, 6.45) is 2.22. The molecule has 1 fully saturated rings. The van der Waals surface area contributed by atoms with Crippen molar-refractivity contribution in [2.45, 2.75) is 19.3 Å². The van der Waals surface area contributed by atoms with Crippen molar-refractivity contribution in [2.75, 3.05) is 26.2 Å². The summed E-state index contributed by atoms with van der Waals surface area (Å²) < 4.78 is 0. The number of benzene rings is 2. The normalized spacial score (nSPS) is 19.1. The summed E-state index contributed by atoms with van der Waals surface area (Å²) in [6, 6.07) is 15.4. The van der Waals surface area contributed by atoms with E-state index in [0.717, 1.165) is 18.4 Å². The minimum absolute atomic E-state index is 0.0243. The Hall–Kier alpha value is -3.52. The second-order valence-corrected chi connectivity index (χ2v) is 8.16. The highest BCUT2D eigenvalue weighted by atomic mass is 16.6. The van der Waals surface area contributed by atoms with Crippen LogP contribution >= 0.6 is 0 Å². The van der Waals surface area contributed by atoms with E-state index in [1.54, 1.807) is 0 Å². The second kappa shape index (κ2) is 9.32. The summed E-state index contributed by atoms with van der Waals surface area (Å²) in [5.74, 6) is -0.700. The molecule has 0 aromatic heterocycles. The van der Waals surface area contributed by atoms with Crippen LogP contribution in [0.15, 0.2) is 60.3 Å². The first-order valence-electron chi connectivity index (χ1n) is 10.7. The molecule has 1 atom stereocenters. The molecule has 0 spiro atoms. The molecule has 1 saturated heterocycles. The Bertz CT molecular complexity index is 1050. The highest BCUT2D eigenvalue weighted by molar-refractivity contribution is 6.35. The number of aliphatic hydroxyl groups excluding tert-OH is 1. The van der Waals surface area contributed by atoms with Crippen LogP contribution in [0, 0.1) is 16.0 Å². The third-order valence-electron chi connectivity index (χ3n) is 6.07. The number of nitro groups is 1. The van der Waals surface area contributed by atoms with Gasteiger partial charge in [-0.3, -0.25) is 24.6 Å². The fourth-order valence-corrected chi connectivity index (χ4v) is 4.37. The Labute approximate surface area is 185 Å². The third-order valence-corrected chi connectivity index (χ3v) is 6.07. The molecule has 2 amide bonds. The molecule has 4 rings (SSSR count). The number of likely N-dealkylation sites (tertiary alicyclic amines) is 1. The monoisotopic (exact) mass is 435 g/mol. The summed E-state index contributed by atoms with van der Waals surface area (Å²) in [5.41, 5.74) is 2.03. The van der Waals surface area contributed by atoms with Crippen molar-refractivity contribution in [3.8, 4) is 0 Å². The van der Waals surface area contributed by atoms with Crippen molar-refractivity contribution in [3.05, 3.63) is 81.5 Å². The summed E-state index contributed by atoms with van der Waals surface area (Å²) >= 11 is 0. The lowest BCUT2D eigenvalue weighted by Crippen LogP contribution is -2.41. The lowest BCUT2D eigenvalue weighted by atomic mass is 9.97. The predicted octanol–water partition coefficient (Wildman–Crippen LogP) is 2.62. The quantitative estimate of drug-likeness (QED) is 0.407. The summed E-state index contributed by atoms with van der Waals surface area (Å²) in [7, 11) is 0. The van der Waals surface area contributed by atoms with Crippen LogP contribution in [0.4, 0.5) is 5.69 Å². The van der Waals surface area contributed by atoms with E-state index < -0.39 is 4.92 Å². The number of non-ortho nitro benzene ring substituents is 1. The standard InChI is InChI=1S/C24H25N3O5/c28-16-18-7-4-13-25(15-18)22-21(19-8-10-20(11-9-19)27(31)32)23(29)26(24(22)30)14-12-17-5-2-1-3-6-17/h1-3,5-6,8-11,18,28H,4,7,12-16H2. The predicted molar refractivity (Wildman–Crippen MR) is 118 cm³/mol. The maximum Gasteiger partial charge on any atom is 0.277 e. The number of piperidine rings is 1. The number of nitrogens with zero attached hydrogens (tertiary/aromatic N) is 3. The van der Waals surface area contributed by atoms with Gasteiger partial charge in [0.1, 0.15) is 5.70 Å². The van der Waals surface area contributed by atoms with Gasteiger partial charge < -0.3 is 10.0 Å². The molecule has 1 N–H and O–H groups in total. The largest absolute Gasteiger partial charge is 0.396 e. The second-order valence-electron chi connectivity index (χ2n) is 8.16. The molecule has 2 aliphatic heterocycles. The van der Waals surface area contributed by atoms with E-state index >= 15 is 0 Å². The summed E-state index contributed by atoms with van der Waals surface area (Å²) in [6.45, 7) is 1.39.